The topological polar surface area (TPSA) is 26.0 Å². The van der Waals surface area contributed by atoms with Gasteiger partial charge >= 0.3 is 0 Å². The molecule has 3 heteroatoms. The van der Waals surface area contributed by atoms with Gasteiger partial charge in [0, 0.05) is 5.56 Å². The Bertz CT molecular complexity index is 310. The Kier molecular flexibility index (Phi) is 3.58. The van der Waals surface area contributed by atoms with Crippen LogP contribution in [-0.2, 0) is 0 Å². The average Bonchev–Trinajstić information content (AvgIpc) is 2.17. The second-order valence-corrected chi connectivity index (χ2v) is 3.55. The first-order valence-corrected chi connectivity index (χ1v) is 4.65. The summed E-state index contributed by atoms with van der Waals surface area (Å²) in [5.74, 6) is 0.132. The molecule has 0 bridgehead atoms. The Hall–Kier alpha value is -0.960. The highest BCUT2D eigenvalue weighted by Gasteiger charge is 2.12. The van der Waals surface area contributed by atoms with Crippen molar-refractivity contribution in [1.82, 2.24) is 0 Å². The summed E-state index contributed by atoms with van der Waals surface area (Å²) in [5.41, 5.74) is 7.11. The lowest BCUT2D eigenvalue weighted by Crippen LogP contribution is -2.09. The Balaban J connectivity index is 3.06. The van der Waals surface area contributed by atoms with Crippen LogP contribution in [-0.4, -0.2) is 6.54 Å². The Morgan fingerprint density at radius 1 is 1.36 bits per heavy atom. The zero-order valence-corrected chi connectivity index (χ0v) is 8.43. The Labute approximate surface area is 82.9 Å². The van der Waals surface area contributed by atoms with Crippen molar-refractivity contribution < 1.29 is 8.78 Å². The predicted octanol–water partition coefficient (Wildman–Crippen LogP) is 2.99. The van der Waals surface area contributed by atoms with E-state index < -0.39 is 6.43 Å². The largest absolute Gasteiger partial charge is 0.330 e. The third-order valence-corrected chi connectivity index (χ3v) is 2.46. The molecular formula is C11H15F2N. The number of rotatable bonds is 3. The fraction of sp³-hybridized carbons (Fsp3) is 0.455. The molecule has 0 saturated carbocycles. The molecule has 0 amide bonds. The Morgan fingerprint density at radius 3 is 2.50 bits per heavy atom. The summed E-state index contributed by atoms with van der Waals surface area (Å²) in [4.78, 5) is 0. The first-order chi connectivity index (χ1) is 6.56. The summed E-state index contributed by atoms with van der Waals surface area (Å²) < 4.78 is 25.1. The highest BCUT2D eigenvalue weighted by Crippen LogP contribution is 2.26. The third kappa shape index (κ3) is 2.29. The van der Waals surface area contributed by atoms with Gasteiger partial charge in [0.2, 0.25) is 0 Å². The van der Waals surface area contributed by atoms with Crippen molar-refractivity contribution in [2.24, 2.45) is 5.73 Å². The molecule has 1 aromatic carbocycles. The number of benzene rings is 1. The number of hydrogen-bond donors (Lipinski definition) is 1. The van der Waals surface area contributed by atoms with E-state index in [1.807, 2.05) is 13.0 Å². The molecular weight excluding hydrogens is 184 g/mol. The molecule has 14 heavy (non-hydrogen) atoms. The standard InChI is InChI=1S/C11H15F2N/c1-7-3-4-9(8(2)6-14)5-10(7)11(12)13/h3-5,8,11H,6,14H2,1-2H3. The quantitative estimate of drug-likeness (QED) is 0.795. The van der Waals surface area contributed by atoms with E-state index in [1.165, 1.54) is 0 Å². The first-order valence-electron chi connectivity index (χ1n) is 4.65. The number of nitrogens with two attached hydrogens (primary N) is 1. The van der Waals surface area contributed by atoms with Gasteiger partial charge in [-0.15, -0.1) is 0 Å². The predicted molar refractivity (Wildman–Crippen MR) is 53.6 cm³/mol. The molecule has 78 valence electrons. The molecule has 0 spiro atoms. The van der Waals surface area contributed by atoms with Gasteiger partial charge in [-0.3, -0.25) is 0 Å². The van der Waals surface area contributed by atoms with Gasteiger partial charge in [0.1, 0.15) is 0 Å². The van der Waals surface area contributed by atoms with Crippen LogP contribution in [0.4, 0.5) is 8.78 Å². The second kappa shape index (κ2) is 4.51. The van der Waals surface area contributed by atoms with Crippen LogP contribution in [0.5, 0.6) is 0 Å². The van der Waals surface area contributed by atoms with Crippen molar-refractivity contribution in [1.29, 1.82) is 0 Å². The smallest absolute Gasteiger partial charge is 0.264 e. The van der Waals surface area contributed by atoms with E-state index in [-0.39, 0.29) is 11.5 Å². The molecule has 1 aromatic rings. The summed E-state index contributed by atoms with van der Waals surface area (Å²) in [6, 6.07) is 5.14. The molecule has 0 aliphatic carbocycles. The van der Waals surface area contributed by atoms with E-state index in [9.17, 15) is 8.78 Å². The summed E-state index contributed by atoms with van der Waals surface area (Å²) in [6.07, 6.45) is -2.40. The van der Waals surface area contributed by atoms with Crippen LogP contribution in [0.1, 0.15) is 36.0 Å². The van der Waals surface area contributed by atoms with Crippen molar-refractivity contribution in [2.45, 2.75) is 26.2 Å². The highest BCUT2D eigenvalue weighted by atomic mass is 19.3. The molecule has 0 heterocycles. The zero-order valence-electron chi connectivity index (χ0n) is 8.43. The molecule has 0 aliphatic rings. The lowest BCUT2D eigenvalue weighted by molar-refractivity contribution is 0.150. The monoisotopic (exact) mass is 199 g/mol. The molecule has 0 radical (unpaired) electrons. The number of aryl methyl sites for hydroxylation is 1. The van der Waals surface area contributed by atoms with E-state index in [0.717, 1.165) is 5.56 Å². The van der Waals surface area contributed by atoms with Crippen molar-refractivity contribution in [2.75, 3.05) is 6.54 Å². The maximum Gasteiger partial charge on any atom is 0.264 e. The van der Waals surface area contributed by atoms with E-state index >= 15 is 0 Å². The van der Waals surface area contributed by atoms with E-state index in [1.54, 1.807) is 19.1 Å². The fourth-order valence-corrected chi connectivity index (χ4v) is 1.34. The van der Waals surface area contributed by atoms with Crippen molar-refractivity contribution in [3.63, 3.8) is 0 Å². The average molecular weight is 199 g/mol. The van der Waals surface area contributed by atoms with Gasteiger partial charge in [0.15, 0.2) is 0 Å². The Morgan fingerprint density at radius 2 is 2.00 bits per heavy atom. The van der Waals surface area contributed by atoms with Gasteiger partial charge in [-0.25, -0.2) is 8.78 Å². The SMILES string of the molecule is Cc1ccc(C(C)CN)cc1C(F)F. The number of alkyl halides is 2. The number of halogens is 2. The van der Waals surface area contributed by atoms with Crippen molar-refractivity contribution >= 4 is 0 Å². The maximum atomic E-state index is 12.5. The van der Waals surface area contributed by atoms with Gasteiger partial charge in [-0.05, 0) is 36.6 Å². The lowest BCUT2D eigenvalue weighted by Gasteiger charge is -2.12. The van der Waals surface area contributed by atoms with Crippen LogP contribution in [0.3, 0.4) is 0 Å². The molecule has 1 nitrogen and oxygen atoms in total. The molecule has 2 N–H and O–H groups in total. The van der Waals surface area contributed by atoms with Crippen molar-refractivity contribution in [3.05, 3.63) is 34.9 Å². The normalized spacial score (nSPS) is 13.3. The van der Waals surface area contributed by atoms with E-state index in [2.05, 4.69) is 0 Å². The molecule has 1 atom stereocenters. The first kappa shape index (κ1) is 11.1. The second-order valence-electron chi connectivity index (χ2n) is 3.55. The van der Waals surface area contributed by atoms with Gasteiger partial charge in [0.05, 0.1) is 0 Å². The molecule has 0 saturated heterocycles. The van der Waals surface area contributed by atoms with Crippen LogP contribution >= 0.6 is 0 Å². The van der Waals surface area contributed by atoms with Gasteiger partial charge in [-0.2, -0.15) is 0 Å². The van der Waals surface area contributed by atoms with E-state index in [4.69, 9.17) is 5.73 Å². The minimum absolute atomic E-state index is 0.114. The summed E-state index contributed by atoms with van der Waals surface area (Å²) in [5, 5.41) is 0. The van der Waals surface area contributed by atoms with Gasteiger partial charge < -0.3 is 5.73 Å². The van der Waals surface area contributed by atoms with Crippen molar-refractivity contribution in [3.8, 4) is 0 Å². The summed E-state index contributed by atoms with van der Waals surface area (Å²) in [7, 11) is 0. The van der Waals surface area contributed by atoms with Crippen LogP contribution in [0.15, 0.2) is 18.2 Å². The van der Waals surface area contributed by atoms with Crippen LogP contribution in [0.25, 0.3) is 0 Å². The molecule has 0 aromatic heterocycles. The summed E-state index contributed by atoms with van der Waals surface area (Å²) in [6.45, 7) is 4.10. The minimum atomic E-state index is -2.40. The molecule has 0 aliphatic heterocycles. The molecule has 1 rings (SSSR count). The highest BCUT2D eigenvalue weighted by molar-refractivity contribution is 5.33. The van der Waals surface area contributed by atoms with Gasteiger partial charge in [-0.1, -0.05) is 19.1 Å². The fourth-order valence-electron chi connectivity index (χ4n) is 1.34. The van der Waals surface area contributed by atoms with E-state index in [0.29, 0.717) is 12.1 Å². The van der Waals surface area contributed by atoms with Crippen LogP contribution in [0.2, 0.25) is 0 Å². The molecule has 0 fully saturated rings. The van der Waals surface area contributed by atoms with Crippen LogP contribution in [0, 0.1) is 6.92 Å². The van der Waals surface area contributed by atoms with Gasteiger partial charge in [0.25, 0.3) is 6.43 Å². The lowest BCUT2D eigenvalue weighted by atomic mass is 9.97. The third-order valence-electron chi connectivity index (χ3n) is 2.46. The van der Waals surface area contributed by atoms with Crippen LogP contribution < -0.4 is 5.73 Å². The maximum absolute atomic E-state index is 12.5. The molecule has 1 unspecified atom stereocenters. The number of hydrogen-bond acceptors (Lipinski definition) is 1. The summed E-state index contributed by atoms with van der Waals surface area (Å²) >= 11 is 0. The zero-order chi connectivity index (χ0) is 10.7. The minimum Gasteiger partial charge on any atom is -0.330 e.